The maximum absolute atomic E-state index is 11.8. The van der Waals surface area contributed by atoms with Crippen molar-refractivity contribution in [2.45, 2.75) is 19.5 Å². The van der Waals surface area contributed by atoms with Crippen LogP contribution in [0.15, 0.2) is 10.9 Å². The number of nitrogens with one attached hydrogen (secondary N) is 1. The molecule has 0 bridgehead atoms. The number of carbonyl (C=O) groups is 1. The normalized spacial score (nSPS) is 21.4. The molecule has 0 saturated carbocycles. The van der Waals surface area contributed by atoms with E-state index in [9.17, 15) is 4.79 Å². The second-order valence-corrected chi connectivity index (χ2v) is 3.78. The molecule has 0 spiro atoms. The summed E-state index contributed by atoms with van der Waals surface area (Å²) in [5.74, 6) is 0.306. The van der Waals surface area contributed by atoms with Gasteiger partial charge in [-0.25, -0.2) is 0 Å². The molecule has 1 atom stereocenters. The highest BCUT2D eigenvalue weighted by molar-refractivity contribution is 5.76. The molecule has 1 aliphatic heterocycles. The Hall–Kier alpha value is -1.47. The van der Waals surface area contributed by atoms with Gasteiger partial charge in [-0.15, -0.1) is 0 Å². The van der Waals surface area contributed by atoms with E-state index >= 15 is 0 Å². The Morgan fingerprint density at radius 2 is 2.65 bits per heavy atom. The molecule has 1 unspecified atom stereocenters. The third kappa shape index (κ3) is 3.01. The summed E-state index contributed by atoms with van der Waals surface area (Å²) in [7, 11) is 0. The van der Waals surface area contributed by atoms with Gasteiger partial charge in [0.25, 0.3) is 0 Å². The Balaban J connectivity index is 1.99. The average molecular weight is 240 g/mol. The van der Waals surface area contributed by atoms with Crippen molar-refractivity contribution in [3.8, 4) is 0 Å². The molecule has 0 radical (unpaired) electrons. The first-order valence-electron chi connectivity index (χ1n) is 5.68. The minimum Gasteiger partial charge on any atom is -0.465 e. The van der Waals surface area contributed by atoms with E-state index in [-0.39, 0.29) is 12.0 Å². The zero-order valence-electron chi connectivity index (χ0n) is 9.76. The Morgan fingerprint density at radius 1 is 1.76 bits per heavy atom. The summed E-state index contributed by atoms with van der Waals surface area (Å²) in [5.41, 5.74) is 0. The lowest BCUT2D eigenvalue weighted by Crippen LogP contribution is -2.54. The quantitative estimate of drug-likeness (QED) is 0.704. The number of esters is 1. The van der Waals surface area contributed by atoms with Crippen LogP contribution in [0.25, 0.3) is 0 Å². The molecule has 0 aliphatic carbocycles. The molecule has 1 aliphatic rings. The van der Waals surface area contributed by atoms with Gasteiger partial charge in [-0.3, -0.25) is 9.69 Å². The number of rotatable bonds is 4. The van der Waals surface area contributed by atoms with Crippen LogP contribution in [0.2, 0.25) is 0 Å². The number of hydrogen-bond acceptors (Lipinski definition) is 7. The van der Waals surface area contributed by atoms with Crippen molar-refractivity contribution in [2.24, 2.45) is 0 Å². The fourth-order valence-corrected chi connectivity index (χ4v) is 1.85. The Kier molecular flexibility index (Phi) is 4.05. The highest BCUT2D eigenvalue weighted by Crippen LogP contribution is 2.09. The van der Waals surface area contributed by atoms with Gasteiger partial charge in [0.15, 0.2) is 6.33 Å². The van der Waals surface area contributed by atoms with Crippen LogP contribution in [0.1, 0.15) is 12.8 Å². The molecule has 0 aromatic carbocycles. The highest BCUT2D eigenvalue weighted by atomic mass is 16.5. The zero-order chi connectivity index (χ0) is 12.1. The monoisotopic (exact) mass is 240 g/mol. The van der Waals surface area contributed by atoms with E-state index in [1.165, 1.54) is 6.33 Å². The first-order valence-corrected chi connectivity index (χ1v) is 5.68. The third-order valence-corrected chi connectivity index (χ3v) is 2.66. The Morgan fingerprint density at radius 3 is 3.35 bits per heavy atom. The van der Waals surface area contributed by atoms with Crippen LogP contribution < -0.4 is 5.32 Å². The summed E-state index contributed by atoms with van der Waals surface area (Å²) in [6, 6.07) is -0.282. The molecule has 0 amide bonds. The minimum atomic E-state index is -0.282. The molecule has 1 aromatic rings. The van der Waals surface area contributed by atoms with Crippen LogP contribution in [0.5, 0.6) is 0 Å². The van der Waals surface area contributed by atoms with E-state index in [0.29, 0.717) is 25.6 Å². The van der Waals surface area contributed by atoms with Gasteiger partial charge in [-0.1, -0.05) is 5.16 Å². The minimum absolute atomic E-state index is 0.209. The maximum atomic E-state index is 11.8. The number of aromatic nitrogens is 2. The lowest BCUT2D eigenvalue weighted by Gasteiger charge is -2.33. The summed E-state index contributed by atoms with van der Waals surface area (Å²) in [5, 5.41) is 6.72. The molecule has 94 valence electrons. The molecular weight excluding hydrogens is 224 g/mol. The number of hydrogen-bond donors (Lipinski definition) is 1. The van der Waals surface area contributed by atoms with Crippen molar-refractivity contribution in [2.75, 3.05) is 26.2 Å². The molecule has 1 N–H and O–H groups in total. The van der Waals surface area contributed by atoms with Gasteiger partial charge in [0.1, 0.15) is 6.04 Å². The predicted octanol–water partition coefficient (Wildman–Crippen LogP) is -0.593. The number of piperazine rings is 1. The Labute approximate surface area is 99.1 Å². The van der Waals surface area contributed by atoms with E-state index in [4.69, 9.17) is 9.26 Å². The van der Waals surface area contributed by atoms with Crippen molar-refractivity contribution in [1.82, 2.24) is 20.4 Å². The third-order valence-electron chi connectivity index (χ3n) is 2.66. The van der Waals surface area contributed by atoms with Crippen molar-refractivity contribution < 1.29 is 14.1 Å². The van der Waals surface area contributed by atoms with E-state index in [1.807, 2.05) is 4.90 Å². The summed E-state index contributed by atoms with van der Waals surface area (Å²) in [4.78, 5) is 17.7. The van der Waals surface area contributed by atoms with Gasteiger partial charge < -0.3 is 14.6 Å². The van der Waals surface area contributed by atoms with Crippen LogP contribution in [-0.2, 0) is 16.1 Å². The number of ether oxygens (including phenoxy) is 1. The van der Waals surface area contributed by atoms with Crippen molar-refractivity contribution in [1.29, 1.82) is 0 Å². The smallest absolute Gasteiger partial charge is 0.324 e. The van der Waals surface area contributed by atoms with Crippen molar-refractivity contribution in [3.05, 3.63) is 12.2 Å². The summed E-state index contributed by atoms with van der Waals surface area (Å²) < 4.78 is 9.99. The van der Waals surface area contributed by atoms with Crippen LogP contribution in [0.3, 0.4) is 0 Å². The van der Waals surface area contributed by atoms with Gasteiger partial charge in [0.05, 0.1) is 13.2 Å². The van der Waals surface area contributed by atoms with Gasteiger partial charge in [0.2, 0.25) is 5.89 Å². The SMILES string of the molecule is CCOC(=O)C1CNCCN1Cc1ncno1. The summed E-state index contributed by atoms with van der Waals surface area (Å²) in [6.07, 6.45) is 1.36. The van der Waals surface area contributed by atoms with Crippen LogP contribution >= 0.6 is 0 Å². The lowest BCUT2D eigenvalue weighted by molar-refractivity contribution is -0.150. The van der Waals surface area contributed by atoms with Gasteiger partial charge in [0, 0.05) is 19.6 Å². The molecule has 7 nitrogen and oxygen atoms in total. The van der Waals surface area contributed by atoms with Crippen LogP contribution in [0.4, 0.5) is 0 Å². The molecule has 7 heteroatoms. The van der Waals surface area contributed by atoms with Crippen molar-refractivity contribution in [3.63, 3.8) is 0 Å². The molecule has 1 fully saturated rings. The molecule has 2 heterocycles. The zero-order valence-corrected chi connectivity index (χ0v) is 9.76. The molecule has 1 saturated heterocycles. The lowest BCUT2D eigenvalue weighted by atomic mass is 10.2. The first kappa shape index (κ1) is 12.0. The highest BCUT2D eigenvalue weighted by Gasteiger charge is 2.30. The van der Waals surface area contributed by atoms with E-state index in [0.717, 1.165) is 13.1 Å². The maximum Gasteiger partial charge on any atom is 0.324 e. The van der Waals surface area contributed by atoms with Gasteiger partial charge in [-0.05, 0) is 6.92 Å². The largest absolute Gasteiger partial charge is 0.465 e. The van der Waals surface area contributed by atoms with Crippen LogP contribution in [0, 0.1) is 0 Å². The molecule has 17 heavy (non-hydrogen) atoms. The van der Waals surface area contributed by atoms with Crippen LogP contribution in [-0.4, -0.2) is 53.3 Å². The van der Waals surface area contributed by atoms with E-state index in [2.05, 4.69) is 15.5 Å². The van der Waals surface area contributed by atoms with Crippen molar-refractivity contribution >= 4 is 5.97 Å². The average Bonchev–Trinajstić information content (AvgIpc) is 2.83. The van der Waals surface area contributed by atoms with E-state index in [1.54, 1.807) is 6.92 Å². The van der Waals surface area contributed by atoms with Gasteiger partial charge >= 0.3 is 5.97 Å². The second kappa shape index (κ2) is 5.74. The first-order chi connectivity index (χ1) is 8.31. The topological polar surface area (TPSA) is 80.5 Å². The molecule has 2 rings (SSSR count). The number of nitrogens with zero attached hydrogens (tertiary/aromatic N) is 3. The predicted molar refractivity (Wildman–Crippen MR) is 58.0 cm³/mol. The standard InChI is InChI=1S/C10H16N4O3/c1-2-16-10(15)8-5-11-3-4-14(8)6-9-12-7-13-17-9/h7-8,11H,2-6H2,1H3. The molecule has 1 aromatic heterocycles. The number of carbonyl (C=O) groups excluding carboxylic acids is 1. The fraction of sp³-hybridized carbons (Fsp3) is 0.700. The second-order valence-electron chi connectivity index (χ2n) is 3.78. The van der Waals surface area contributed by atoms with E-state index < -0.39 is 0 Å². The Bertz CT molecular complexity index is 354. The fourth-order valence-electron chi connectivity index (χ4n) is 1.85. The van der Waals surface area contributed by atoms with Gasteiger partial charge in [-0.2, -0.15) is 4.98 Å². The molecular formula is C10H16N4O3. The summed E-state index contributed by atoms with van der Waals surface area (Å²) >= 11 is 0. The summed E-state index contributed by atoms with van der Waals surface area (Å²) in [6.45, 7) is 4.86.